The minimum Gasteiger partial charge on any atom is -0.481 e. The molecule has 3 N–H and O–H groups in total. The number of anilines is 1. The van der Waals surface area contributed by atoms with Gasteiger partial charge in [-0.3, -0.25) is 14.9 Å². The second kappa shape index (κ2) is 4.92. The quantitative estimate of drug-likeness (QED) is 0.457. The Labute approximate surface area is 91.2 Å². The highest BCUT2D eigenvalue weighted by Gasteiger charge is 2.06. The SMILES string of the molecule is Nc1ccc([N+](=O)[O-])cc1C=CCC(=O)O. The van der Waals surface area contributed by atoms with Crippen LogP contribution in [0.5, 0.6) is 0 Å². The standard InChI is InChI=1S/C10H10N2O4/c11-9-5-4-8(12(15)16)6-7(9)2-1-3-10(13)14/h1-2,4-6H,3,11H2,(H,13,14). The lowest BCUT2D eigenvalue weighted by atomic mass is 10.1. The van der Waals surface area contributed by atoms with Gasteiger partial charge in [-0.25, -0.2) is 0 Å². The second-order valence-corrected chi connectivity index (χ2v) is 3.07. The van der Waals surface area contributed by atoms with Gasteiger partial charge in [-0.1, -0.05) is 12.2 Å². The van der Waals surface area contributed by atoms with Gasteiger partial charge in [0.1, 0.15) is 0 Å². The molecule has 0 saturated heterocycles. The monoisotopic (exact) mass is 222 g/mol. The lowest BCUT2D eigenvalue weighted by Gasteiger charge is -1.99. The number of carbonyl (C=O) groups is 1. The maximum Gasteiger partial charge on any atom is 0.307 e. The number of benzene rings is 1. The van der Waals surface area contributed by atoms with Crippen LogP contribution >= 0.6 is 0 Å². The average Bonchev–Trinajstić information content (AvgIpc) is 2.20. The number of non-ortho nitro benzene ring substituents is 1. The first-order chi connectivity index (χ1) is 7.50. The fourth-order valence-electron chi connectivity index (χ4n) is 1.11. The fourth-order valence-corrected chi connectivity index (χ4v) is 1.11. The number of nitro benzene ring substituents is 1. The van der Waals surface area contributed by atoms with Gasteiger partial charge in [-0.15, -0.1) is 0 Å². The first kappa shape index (κ1) is 11.7. The molecule has 0 aromatic heterocycles. The third-order valence-corrected chi connectivity index (χ3v) is 1.87. The maximum absolute atomic E-state index is 10.5. The fraction of sp³-hybridized carbons (Fsp3) is 0.100. The zero-order valence-electron chi connectivity index (χ0n) is 8.29. The molecule has 16 heavy (non-hydrogen) atoms. The number of nitrogens with two attached hydrogens (primary N) is 1. The molecule has 0 aliphatic carbocycles. The van der Waals surface area contributed by atoms with E-state index in [4.69, 9.17) is 10.8 Å². The summed E-state index contributed by atoms with van der Waals surface area (Å²) in [6, 6.07) is 4.01. The summed E-state index contributed by atoms with van der Waals surface area (Å²) in [5.41, 5.74) is 6.31. The summed E-state index contributed by atoms with van der Waals surface area (Å²) in [7, 11) is 0. The molecule has 0 bridgehead atoms. The number of nitro groups is 1. The minimum absolute atomic E-state index is 0.0795. The molecular weight excluding hydrogens is 212 g/mol. The van der Waals surface area contributed by atoms with Gasteiger partial charge >= 0.3 is 5.97 Å². The normalized spacial score (nSPS) is 10.5. The van der Waals surface area contributed by atoms with E-state index in [1.807, 2.05) is 0 Å². The van der Waals surface area contributed by atoms with E-state index in [1.165, 1.54) is 30.4 Å². The van der Waals surface area contributed by atoms with Crippen LogP contribution in [0.1, 0.15) is 12.0 Å². The van der Waals surface area contributed by atoms with Crippen LogP contribution in [0, 0.1) is 10.1 Å². The van der Waals surface area contributed by atoms with Crippen molar-refractivity contribution < 1.29 is 14.8 Å². The molecule has 6 nitrogen and oxygen atoms in total. The van der Waals surface area contributed by atoms with Crippen LogP contribution in [0.3, 0.4) is 0 Å². The first-order valence-corrected chi connectivity index (χ1v) is 4.43. The molecule has 0 atom stereocenters. The molecule has 0 saturated carbocycles. The molecule has 6 heteroatoms. The van der Waals surface area contributed by atoms with Gasteiger partial charge in [0.2, 0.25) is 0 Å². The Balaban J connectivity index is 2.94. The van der Waals surface area contributed by atoms with E-state index >= 15 is 0 Å². The third-order valence-electron chi connectivity index (χ3n) is 1.87. The lowest BCUT2D eigenvalue weighted by Crippen LogP contribution is -1.94. The van der Waals surface area contributed by atoms with Crippen molar-refractivity contribution in [1.29, 1.82) is 0 Å². The Morgan fingerprint density at radius 3 is 2.81 bits per heavy atom. The van der Waals surface area contributed by atoms with Gasteiger partial charge in [-0.2, -0.15) is 0 Å². The van der Waals surface area contributed by atoms with Gasteiger partial charge in [0.15, 0.2) is 0 Å². The van der Waals surface area contributed by atoms with Crippen LogP contribution in [0.4, 0.5) is 11.4 Å². The molecule has 0 aliphatic heterocycles. The highest BCUT2D eigenvalue weighted by molar-refractivity contribution is 5.73. The van der Waals surface area contributed by atoms with Crippen molar-refractivity contribution in [2.75, 3.05) is 5.73 Å². The molecule has 0 radical (unpaired) electrons. The van der Waals surface area contributed by atoms with E-state index in [0.717, 1.165) is 0 Å². The highest BCUT2D eigenvalue weighted by Crippen LogP contribution is 2.20. The van der Waals surface area contributed by atoms with Crippen molar-refractivity contribution in [1.82, 2.24) is 0 Å². The van der Waals surface area contributed by atoms with Crippen LogP contribution in [-0.4, -0.2) is 16.0 Å². The predicted molar refractivity (Wildman–Crippen MR) is 58.8 cm³/mol. The molecule has 1 aromatic rings. The number of nitrogens with zero attached hydrogens (tertiary/aromatic N) is 1. The van der Waals surface area contributed by atoms with E-state index in [-0.39, 0.29) is 12.1 Å². The molecule has 0 heterocycles. The number of hydrogen-bond donors (Lipinski definition) is 2. The van der Waals surface area contributed by atoms with E-state index in [0.29, 0.717) is 11.3 Å². The molecule has 0 fully saturated rings. The van der Waals surface area contributed by atoms with Crippen molar-refractivity contribution in [3.8, 4) is 0 Å². The van der Waals surface area contributed by atoms with E-state index in [2.05, 4.69) is 0 Å². The predicted octanol–water partition coefficient (Wildman–Crippen LogP) is 1.66. The topological polar surface area (TPSA) is 106 Å². The van der Waals surface area contributed by atoms with E-state index in [1.54, 1.807) is 0 Å². The Hall–Kier alpha value is -2.37. The Kier molecular flexibility index (Phi) is 3.60. The van der Waals surface area contributed by atoms with Gasteiger partial charge in [0, 0.05) is 23.4 Å². The largest absolute Gasteiger partial charge is 0.481 e. The summed E-state index contributed by atoms with van der Waals surface area (Å²) in [5.74, 6) is -0.972. The molecule has 0 spiro atoms. The Morgan fingerprint density at radius 1 is 1.56 bits per heavy atom. The zero-order valence-corrected chi connectivity index (χ0v) is 8.29. The second-order valence-electron chi connectivity index (χ2n) is 3.07. The Bertz CT molecular complexity index is 454. The number of nitrogen functional groups attached to an aromatic ring is 1. The molecule has 84 valence electrons. The van der Waals surface area contributed by atoms with Crippen LogP contribution in [0.15, 0.2) is 24.3 Å². The zero-order chi connectivity index (χ0) is 12.1. The number of rotatable bonds is 4. The van der Waals surface area contributed by atoms with Crippen molar-refractivity contribution in [3.63, 3.8) is 0 Å². The smallest absolute Gasteiger partial charge is 0.307 e. The van der Waals surface area contributed by atoms with Crippen LogP contribution in [0.2, 0.25) is 0 Å². The van der Waals surface area contributed by atoms with Gasteiger partial charge < -0.3 is 10.8 Å². The summed E-state index contributed by atoms with van der Waals surface area (Å²) >= 11 is 0. The van der Waals surface area contributed by atoms with Gasteiger partial charge in [-0.05, 0) is 6.07 Å². The van der Waals surface area contributed by atoms with Crippen molar-refractivity contribution in [2.24, 2.45) is 0 Å². The highest BCUT2D eigenvalue weighted by atomic mass is 16.6. The number of hydrogen-bond acceptors (Lipinski definition) is 4. The summed E-state index contributed by atoms with van der Waals surface area (Å²) < 4.78 is 0. The molecule has 0 aliphatic rings. The van der Waals surface area contributed by atoms with Crippen LogP contribution in [-0.2, 0) is 4.79 Å². The number of aliphatic carboxylic acids is 1. The third kappa shape index (κ3) is 3.09. The lowest BCUT2D eigenvalue weighted by molar-refractivity contribution is -0.384. The summed E-state index contributed by atoms with van der Waals surface area (Å²) in [5, 5.41) is 18.9. The molecule has 0 amide bonds. The molecule has 1 rings (SSSR count). The Morgan fingerprint density at radius 2 is 2.25 bits per heavy atom. The van der Waals surface area contributed by atoms with Gasteiger partial charge in [0.05, 0.1) is 11.3 Å². The molecule has 0 unspecified atom stereocenters. The maximum atomic E-state index is 10.5. The van der Waals surface area contributed by atoms with E-state index in [9.17, 15) is 14.9 Å². The average molecular weight is 222 g/mol. The summed E-state index contributed by atoms with van der Waals surface area (Å²) in [4.78, 5) is 20.2. The first-order valence-electron chi connectivity index (χ1n) is 4.43. The van der Waals surface area contributed by atoms with Crippen molar-refractivity contribution in [2.45, 2.75) is 6.42 Å². The molecule has 1 aromatic carbocycles. The summed E-state index contributed by atoms with van der Waals surface area (Å²) in [6.07, 6.45) is 2.69. The van der Waals surface area contributed by atoms with Crippen LogP contribution in [0.25, 0.3) is 6.08 Å². The molecular formula is C10H10N2O4. The van der Waals surface area contributed by atoms with Crippen molar-refractivity contribution >= 4 is 23.4 Å². The van der Waals surface area contributed by atoms with Gasteiger partial charge in [0.25, 0.3) is 5.69 Å². The van der Waals surface area contributed by atoms with Crippen molar-refractivity contribution in [3.05, 3.63) is 40.0 Å². The number of carboxylic acids is 1. The number of carboxylic acid groups (broad SMARTS) is 1. The minimum atomic E-state index is -0.972. The van der Waals surface area contributed by atoms with Crippen LogP contribution < -0.4 is 5.73 Å². The summed E-state index contributed by atoms with van der Waals surface area (Å²) in [6.45, 7) is 0. The van der Waals surface area contributed by atoms with E-state index < -0.39 is 10.9 Å².